The molecule has 1 aromatic heterocycles. The van der Waals surface area contributed by atoms with Gasteiger partial charge in [0.15, 0.2) is 28.8 Å². The summed E-state index contributed by atoms with van der Waals surface area (Å²) in [5.74, 6) is -5.49. The Labute approximate surface area is 436 Å². The molecule has 0 spiro atoms. The smallest absolute Gasteiger partial charge is 0.329 e. The van der Waals surface area contributed by atoms with E-state index in [-0.39, 0.29) is 112 Å². The number of nitrogens with two attached hydrogens (primary N) is 1. The number of hydrogen-bond acceptors (Lipinski definition) is 10. The molecule has 10 rings (SSSR count). The van der Waals surface area contributed by atoms with Crippen LogP contribution < -0.4 is 30.7 Å². The van der Waals surface area contributed by atoms with Gasteiger partial charge in [-0.2, -0.15) is 5.10 Å². The van der Waals surface area contributed by atoms with Gasteiger partial charge in [-0.25, -0.2) is 22.4 Å². The van der Waals surface area contributed by atoms with E-state index in [9.17, 15) is 24.3 Å². The number of imide groups is 1. The standard InChI is InChI=1S/C55H61ClF4N8O7/c1-29-23-35(66-18-15-31(16-19-66)44-38(57)24-37-50(49(44)60)65(3)64-52(37)68-20-17-42(70)63-54(68)73)27-67(26-29)53(72)32-9-11-34(12-10-32)62-28-55(33-7-5-4-6-8-33)30(2)43-41(75-55)25-39(58)47(56)46(43)45-36(51(61)71)13-14-40(48(45)59)74-22-21-69/h4-8,13-14,24-25,29-32,34-35,62,69H,9-12,15-23,26-28H2,1-3H3,(H2,61,71)(H,63,70,73)/t29-,30-,32?,34?,35?,55-/m0/s1. The number of likely N-dealkylation sites (tertiary alicyclic amines) is 2. The zero-order valence-corrected chi connectivity index (χ0v) is 42.8. The van der Waals surface area contributed by atoms with E-state index in [1.54, 1.807) is 7.05 Å². The first kappa shape index (κ1) is 52.2. The first-order valence-corrected chi connectivity index (χ1v) is 26.2. The number of amides is 5. The Morgan fingerprint density at radius 1 is 0.933 bits per heavy atom. The van der Waals surface area contributed by atoms with Gasteiger partial charge < -0.3 is 30.5 Å². The fourth-order valence-corrected chi connectivity index (χ4v) is 12.8. The number of benzene rings is 4. The summed E-state index contributed by atoms with van der Waals surface area (Å²) in [4.78, 5) is 57.1. The highest BCUT2D eigenvalue weighted by Gasteiger charge is 2.51. The molecule has 1 unspecified atom stereocenters. The van der Waals surface area contributed by atoms with E-state index in [4.69, 9.17) is 26.8 Å². The number of rotatable bonds is 13. The number of ether oxygens (including phenoxy) is 2. The zero-order chi connectivity index (χ0) is 53.0. The molecule has 5 N–H and O–H groups in total. The van der Waals surface area contributed by atoms with E-state index in [2.05, 4.69) is 27.6 Å². The molecule has 4 atom stereocenters. The Bertz CT molecular complexity index is 3060. The predicted octanol–water partition coefficient (Wildman–Crippen LogP) is 8.02. The number of nitrogens with one attached hydrogen (secondary N) is 2. The van der Waals surface area contributed by atoms with Crippen LogP contribution in [0.5, 0.6) is 11.5 Å². The van der Waals surface area contributed by atoms with E-state index >= 15 is 17.6 Å². The van der Waals surface area contributed by atoms with Crippen molar-refractivity contribution in [3.05, 3.63) is 105 Å². The van der Waals surface area contributed by atoms with E-state index in [0.717, 1.165) is 12.0 Å². The number of carbonyl (C=O) groups excluding carboxylic acids is 4. The average molecular weight is 1060 g/mol. The number of aliphatic hydroxyl groups excluding tert-OH is 1. The summed E-state index contributed by atoms with van der Waals surface area (Å²) in [7, 11) is 1.55. The van der Waals surface area contributed by atoms with Crippen LogP contribution in [0.25, 0.3) is 22.0 Å². The third-order valence-corrected chi connectivity index (χ3v) is 16.7. The highest BCUT2D eigenvalue weighted by molar-refractivity contribution is 6.34. The minimum Gasteiger partial charge on any atom is -0.488 e. The molecule has 0 bridgehead atoms. The predicted molar refractivity (Wildman–Crippen MR) is 273 cm³/mol. The second-order valence-electron chi connectivity index (χ2n) is 20.9. The second kappa shape index (κ2) is 21.0. The second-order valence-corrected chi connectivity index (χ2v) is 21.3. The van der Waals surface area contributed by atoms with Crippen molar-refractivity contribution in [1.82, 2.24) is 30.2 Å². The largest absolute Gasteiger partial charge is 0.488 e. The number of piperidine rings is 2. The van der Waals surface area contributed by atoms with E-state index in [1.807, 2.05) is 42.2 Å². The first-order chi connectivity index (χ1) is 36.0. The molecule has 4 aromatic carbocycles. The highest BCUT2D eigenvalue weighted by atomic mass is 35.5. The lowest BCUT2D eigenvalue weighted by molar-refractivity contribution is -0.140. The monoisotopic (exact) mass is 1060 g/mol. The topological polar surface area (TPSA) is 185 Å². The van der Waals surface area contributed by atoms with E-state index in [1.165, 1.54) is 33.8 Å². The zero-order valence-electron chi connectivity index (χ0n) is 42.1. The number of nitrogens with zero attached hydrogens (tertiary/aromatic N) is 5. The molecule has 1 saturated carbocycles. The van der Waals surface area contributed by atoms with Crippen molar-refractivity contribution in [2.75, 3.05) is 57.4 Å². The number of primary amides is 1. The Balaban J connectivity index is 0.795. The highest BCUT2D eigenvalue weighted by Crippen LogP contribution is 2.57. The molecule has 4 fully saturated rings. The van der Waals surface area contributed by atoms with Crippen LogP contribution in [0.1, 0.15) is 104 Å². The summed E-state index contributed by atoms with van der Waals surface area (Å²) in [5, 5.41) is 19.5. The number of hydrogen-bond donors (Lipinski definition) is 4. The van der Waals surface area contributed by atoms with Gasteiger partial charge in [0.2, 0.25) is 17.7 Å². The van der Waals surface area contributed by atoms with E-state index < -0.39 is 64.3 Å². The lowest BCUT2D eigenvalue weighted by atomic mass is 9.77. The molecule has 3 saturated heterocycles. The number of halogens is 5. The van der Waals surface area contributed by atoms with Gasteiger partial charge in [0.25, 0.3) is 0 Å². The lowest BCUT2D eigenvalue weighted by Crippen LogP contribution is -2.55. The van der Waals surface area contributed by atoms with Gasteiger partial charge in [0.1, 0.15) is 29.5 Å². The molecule has 5 aliphatic rings. The molecule has 20 heteroatoms. The van der Waals surface area contributed by atoms with Crippen LogP contribution in [0, 0.1) is 35.1 Å². The molecular weight excluding hydrogens is 996 g/mol. The van der Waals surface area contributed by atoms with Gasteiger partial charge in [-0.15, -0.1) is 0 Å². The van der Waals surface area contributed by atoms with Gasteiger partial charge in [0.05, 0.1) is 22.6 Å². The van der Waals surface area contributed by atoms with Crippen molar-refractivity contribution in [1.29, 1.82) is 0 Å². The number of aliphatic hydroxyl groups is 1. The Morgan fingerprint density at radius 3 is 2.36 bits per heavy atom. The molecule has 5 aromatic rings. The Hall–Kier alpha value is -6.28. The molecule has 15 nitrogen and oxygen atoms in total. The minimum absolute atomic E-state index is 0.000897. The summed E-state index contributed by atoms with van der Waals surface area (Å²) < 4.78 is 78.4. The van der Waals surface area contributed by atoms with E-state index in [0.29, 0.717) is 70.3 Å². The summed E-state index contributed by atoms with van der Waals surface area (Å²) in [6.07, 6.45) is 4.71. The molecule has 5 amide bonds. The van der Waals surface area contributed by atoms with Crippen molar-refractivity contribution in [2.24, 2.45) is 24.6 Å². The van der Waals surface area contributed by atoms with Crippen molar-refractivity contribution in [3.8, 4) is 22.6 Å². The van der Waals surface area contributed by atoms with Gasteiger partial charge >= 0.3 is 6.03 Å². The third kappa shape index (κ3) is 9.58. The van der Waals surface area contributed by atoms with Gasteiger partial charge in [-0.1, -0.05) is 55.8 Å². The van der Waals surface area contributed by atoms with Crippen LogP contribution >= 0.6 is 11.6 Å². The van der Waals surface area contributed by atoms with Crippen LogP contribution in [0.2, 0.25) is 5.02 Å². The number of aryl methyl sites for hydroxylation is 1. The number of anilines is 1. The fraction of sp³-hybridized carbons (Fsp3) is 0.473. The van der Waals surface area contributed by atoms with Crippen LogP contribution in [0.3, 0.4) is 0 Å². The molecular formula is C55H61ClF4N8O7. The van der Waals surface area contributed by atoms with Crippen LogP contribution in [-0.2, 0) is 22.2 Å². The Morgan fingerprint density at radius 2 is 1.67 bits per heavy atom. The van der Waals surface area contributed by atoms with Crippen molar-refractivity contribution < 1.29 is 51.3 Å². The Kier molecular flexibility index (Phi) is 14.6. The third-order valence-electron chi connectivity index (χ3n) is 16.4. The maximum atomic E-state index is 16.5. The van der Waals surface area contributed by atoms with Crippen LogP contribution in [0.15, 0.2) is 54.6 Å². The summed E-state index contributed by atoms with van der Waals surface area (Å²) >= 11 is 6.73. The molecule has 398 valence electrons. The fourth-order valence-electron chi connectivity index (χ4n) is 12.6. The van der Waals surface area contributed by atoms with Crippen molar-refractivity contribution in [3.63, 3.8) is 0 Å². The molecule has 75 heavy (non-hydrogen) atoms. The molecule has 1 aliphatic carbocycles. The number of urea groups is 1. The van der Waals surface area contributed by atoms with Crippen molar-refractivity contribution >= 4 is 52.1 Å². The maximum absolute atomic E-state index is 16.5. The van der Waals surface area contributed by atoms with Crippen molar-refractivity contribution in [2.45, 2.75) is 94.7 Å². The number of fused-ring (bicyclic) bond motifs is 2. The van der Waals surface area contributed by atoms with Crippen LogP contribution in [-0.4, -0.2) is 113 Å². The summed E-state index contributed by atoms with van der Waals surface area (Å²) in [6.45, 7) is 6.15. The summed E-state index contributed by atoms with van der Waals surface area (Å²) in [6, 6.07) is 13.8. The quantitative estimate of drug-likeness (QED) is 0.0843. The van der Waals surface area contributed by atoms with Crippen LogP contribution in [0.4, 0.5) is 28.2 Å². The SMILES string of the molecule is C[C@H]1CC(N2CCC(c3c(F)cc4c(N5CCC(=O)NC5=O)nn(C)c4c3F)CC2)CN(C(=O)C2CCC(NC[C@]3(c4ccccc4)Oc4cc(F)c(Cl)c(-c5c(C(N)=O)ccc(OCCO)c5F)c4[C@@H]3C)CC2)C1. The maximum Gasteiger partial charge on any atom is 0.329 e. The number of carbonyl (C=O) groups is 4. The van der Waals surface area contributed by atoms with Gasteiger partial charge in [0, 0.05) is 91.9 Å². The molecule has 4 aliphatic heterocycles. The minimum atomic E-state index is -1.15. The first-order valence-electron chi connectivity index (χ1n) is 25.8. The normalized spacial score (nSPS) is 24.6. The average Bonchev–Trinajstić information content (AvgIpc) is 3.89. The number of aromatic nitrogens is 2. The lowest BCUT2D eigenvalue weighted by Gasteiger charge is -2.45. The van der Waals surface area contributed by atoms with Gasteiger partial charge in [-0.3, -0.25) is 34.2 Å². The molecule has 5 heterocycles. The molecule has 0 radical (unpaired) electrons. The van der Waals surface area contributed by atoms with Gasteiger partial charge in [-0.05, 0) is 93.6 Å². The summed E-state index contributed by atoms with van der Waals surface area (Å²) in [5.41, 5.74) is 5.22.